The SMILES string of the molecule is CC(=O)Nc1ccc(S(=O)(=O)NC(C)c2nnc(SCc3ccccc3C)n2-c2ccc(C)cc2)cc1. The van der Waals surface area contributed by atoms with Crippen molar-refractivity contribution in [1.29, 1.82) is 0 Å². The van der Waals surface area contributed by atoms with Gasteiger partial charge in [0.05, 0.1) is 10.9 Å². The Morgan fingerprint density at radius 2 is 1.65 bits per heavy atom. The summed E-state index contributed by atoms with van der Waals surface area (Å²) in [5.41, 5.74) is 4.88. The van der Waals surface area contributed by atoms with E-state index in [1.54, 1.807) is 30.8 Å². The summed E-state index contributed by atoms with van der Waals surface area (Å²) >= 11 is 1.55. The molecule has 0 aliphatic rings. The molecule has 2 N–H and O–H groups in total. The predicted octanol–water partition coefficient (Wildman–Crippen LogP) is 5.17. The number of nitrogens with zero attached hydrogens (tertiary/aromatic N) is 3. The van der Waals surface area contributed by atoms with Gasteiger partial charge in [0, 0.05) is 24.1 Å². The molecule has 192 valence electrons. The number of thioether (sulfide) groups is 1. The van der Waals surface area contributed by atoms with Crippen LogP contribution in [0.25, 0.3) is 5.69 Å². The Hall–Kier alpha value is -3.47. The zero-order chi connectivity index (χ0) is 26.6. The molecule has 0 radical (unpaired) electrons. The van der Waals surface area contributed by atoms with E-state index in [1.165, 1.54) is 30.2 Å². The first-order valence-corrected chi connectivity index (χ1v) is 14.2. The third kappa shape index (κ3) is 6.46. The highest BCUT2D eigenvalue weighted by molar-refractivity contribution is 7.98. The number of aromatic nitrogens is 3. The molecule has 0 aliphatic carbocycles. The van der Waals surface area contributed by atoms with E-state index >= 15 is 0 Å². The van der Waals surface area contributed by atoms with Crippen LogP contribution in [0.15, 0.2) is 82.8 Å². The first kappa shape index (κ1) is 26.6. The average Bonchev–Trinajstić information content (AvgIpc) is 3.28. The molecule has 37 heavy (non-hydrogen) atoms. The standard InChI is InChI=1S/C27H29N5O3S2/c1-18-9-13-24(14-10-18)32-26(29-30-27(32)36-17-22-8-6-5-7-19(22)2)20(3)31-37(34,35)25-15-11-23(12-16-25)28-21(4)33/h5-16,20,31H,17H2,1-4H3,(H,28,33). The van der Waals surface area contributed by atoms with Gasteiger partial charge in [0.1, 0.15) is 0 Å². The number of anilines is 1. The summed E-state index contributed by atoms with van der Waals surface area (Å²) in [6, 6.07) is 21.5. The van der Waals surface area contributed by atoms with Gasteiger partial charge in [0.2, 0.25) is 15.9 Å². The molecule has 10 heteroatoms. The number of sulfonamides is 1. The molecule has 1 amide bonds. The lowest BCUT2D eigenvalue weighted by molar-refractivity contribution is -0.114. The van der Waals surface area contributed by atoms with Crippen molar-refractivity contribution in [2.75, 3.05) is 5.32 Å². The molecule has 8 nitrogen and oxygen atoms in total. The second kappa shape index (κ2) is 11.3. The lowest BCUT2D eigenvalue weighted by Gasteiger charge is -2.17. The summed E-state index contributed by atoms with van der Waals surface area (Å²) in [5, 5.41) is 12.1. The van der Waals surface area contributed by atoms with Gasteiger partial charge in [-0.05, 0) is 68.3 Å². The Morgan fingerprint density at radius 3 is 2.30 bits per heavy atom. The molecule has 4 rings (SSSR count). The monoisotopic (exact) mass is 535 g/mol. The van der Waals surface area contributed by atoms with E-state index in [-0.39, 0.29) is 10.8 Å². The van der Waals surface area contributed by atoms with Crippen molar-refractivity contribution in [1.82, 2.24) is 19.5 Å². The number of aryl methyl sites for hydroxylation is 2. The summed E-state index contributed by atoms with van der Waals surface area (Å²) in [4.78, 5) is 11.3. The van der Waals surface area contributed by atoms with Crippen molar-refractivity contribution in [2.45, 2.75) is 49.5 Å². The first-order valence-electron chi connectivity index (χ1n) is 11.7. The van der Waals surface area contributed by atoms with Crippen molar-refractivity contribution in [3.63, 3.8) is 0 Å². The maximum Gasteiger partial charge on any atom is 0.241 e. The highest BCUT2D eigenvalue weighted by Gasteiger charge is 2.25. The third-order valence-corrected chi connectivity index (χ3v) is 8.31. The van der Waals surface area contributed by atoms with E-state index in [1.807, 2.05) is 47.9 Å². The Morgan fingerprint density at radius 1 is 0.973 bits per heavy atom. The summed E-state index contributed by atoms with van der Waals surface area (Å²) in [7, 11) is -3.86. The zero-order valence-electron chi connectivity index (χ0n) is 21.1. The molecule has 1 atom stereocenters. The molecule has 1 heterocycles. The Kier molecular flexibility index (Phi) is 8.11. The molecule has 0 spiro atoms. The van der Waals surface area contributed by atoms with E-state index in [0.29, 0.717) is 22.4 Å². The smallest absolute Gasteiger partial charge is 0.241 e. The molecule has 0 saturated heterocycles. The van der Waals surface area contributed by atoms with Gasteiger partial charge in [-0.2, -0.15) is 0 Å². The molecular formula is C27H29N5O3S2. The van der Waals surface area contributed by atoms with Crippen LogP contribution in [0.2, 0.25) is 0 Å². The second-order valence-corrected chi connectivity index (χ2v) is 11.4. The summed E-state index contributed by atoms with van der Waals surface area (Å²) in [6.45, 7) is 7.23. The Bertz CT molecular complexity index is 1500. The van der Waals surface area contributed by atoms with Crippen LogP contribution in [0.4, 0.5) is 5.69 Å². The zero-order valence-corrected chi connectivity index (χ0v) is 22.7. The number of rotatable bonds is 9. The van der Waals surface area contributed by atoms with Crippen molar-refractivity contribution < 1.29 is 13.2 Å². The van der Waals surface area contributed by atoms with Gasteiger partial charge in [-0.3, -0.25) is 9.36 Å². The Labute approximate surface area is 221 Å². The van der Waals surface area contributed by atoms with Crippen LogP contribution in [-0.2, 0) is 20.6 Å². The first-order chi connectivity index (χ1) is 17.6. The van der Waals surface area contributed by atoms with E-state index < -0.39 is 16.1 Å². The number of hydrogen-bond donors (Lipinski definition) is 2. The minimum atomic E-state index is -3.86. The average molecular weight is 536 g/mol. The van der Waals surface area contributed by atoms with E-state index in [2.05, 4.69) is 39.3 Å². The number of carbonyl (C=O) groups excluding carboxylic acids is 1. The quantitative estimate of drug-likeness (QED) is 0.286. The highest BCUT2D eigenvalue weighted by atomic mass is 32.2. The van der Waals surface area contributed by atoms with Gasteiger partial charge >= 0.3 is 0 Å². The van der Waals surface area contributed by atoms with Crippen LogP contribution in [0, 0.1) is 13.8 Å². The van der Waals surface area contributed by atoms with Crippen molar-refractivity contribution in [2.24, 2.45) is 0 Å². The molecule has 4 aromatic rings. The minimum absolute atomic E-state index is 0.0870. The highest BCUT2D eigenvalue weighted by Crippen LogP contribution is 2.29. The predicted molar refractivity (Wildman–Crippen MR) is 146 cm³/mol. The lowest BCUT2D eigenvalue weighted by atomic mass is 10.1. The molecular weight excluding hydrogens is 506 g/mol. The van der Waals surface area contributed by atoms with Crippen LogP contribution in [0.5, 0.6) is 0 Å². The van der Waals surface area contributed by atoms with Crippen molar-refractivity contribution in [3.05, 3.63) is 95.3 Å². The normalized spacial score (nSPS) is 12.3. The fraction of sp³-hybridized carbons (Fsp3) is 0.222. The van der Waals surface area contributed by atoms with Crippen molar-refractivity contribution in [3.8, 4) is 5.69 Å². The fourth-order valence-electron chi connectivity index (χ4n) is 3.78. The second-order valence-electron chi connectivity index (χ2n) is 8.78. The third-order valence-electron chi connectivity index (χ3n) is 5.77. The fourth-order valence-corrected chi connectivity index (χ4v) is 6.02. The number of carbonyl (C=O) groups is 1. The summed E-state index contributed by atoms with van der Waals surface area (Å²) in [5.74, 6) is 0.959. The van der Waals surface area contributed by atoms with Crippen LogP contribution in [0.1, 0.15) is 42.4 Å². The number of amides is 1. The molecule has 1 aromatic heterocycles. The molecule has 1 unspecified atom stereocenters. The number of nitrogens with one attached hydrogen (secondary N) is 2. The van der Waals surface area contributed by atoms with Gasteiger partial charge in [0.25, 0.3) is 0 Å². The van der Waals surface area contributed by atoms with E-state index in [9.17, 15) is 13.2 Å². The van der Waals surface area contributed by atoms with Crippen LogP contribution < -0.4 is 10.0 Å². The van der Waals surface area contributed by atoms with Gasteiger partial charge < -0.3 is 5.32 Å². The van der Waals surface area contributed by atoms with E-state index in [4.69, 9.17) is 0 Å². The van der Waals surface area contributed by atoms with Gasteiger partial charge in [0.15, 0.2) is 11.0 Å². The minimum Gasteiger partial charge on any atom is -0.326 e. The van der Waals surface area contributed by atoms with Crippen molar-refractivity contribution >= 4 is 33.4 Å². The molecule has 0 bridgehead atoms. The molecule has 0 fully saturated rings. The lowest BCUT2D eigenvalue weighted by Crippen LogP contribution is -2.28. The maximum atomic E-state index is 13.1. The summed E-state index contributed by atoms with van der Waals surface area (Å²) in [6.07, 6.45) is 0. The van der Waals surface area contributed by atoms with Crippen LogP contribution >= 0.6 is 11.8 Å². The Balaban J connectivity index is 1.62. The van der Waals surface area contributed by atoms with E-state index in [0.717, 1.165) is 11.3 Å². The van der Waals surface area contributed by atoms with Crippen LogP contribution in [0.3, 0.4) is 0 Å². The molecule has 3 aromatic carbocycles. The number of benzene rings is 3. The van der Waals surface area contributed by atoms with Gasteiger partial charge in [-0.25, -0.2) is 13.1 Å². The summed E-state index contributed by atoms with van der Waals surface area (Å²) < 4.78 is 30.9. The largest absolute Gasteiger partial charge is 0.326 e. The van der Waals surface area contributed by atoms with Crippen LogP contribution in [-0.4, -0.2) is 29.1 Å². The molecule has 0 aliphatic heterocycles. The van der Waals surface area contributed by atoms with Gasteiger partial charge in [-0.15, -0.1) is 10.2 Å². The number of hydrogen-bond acceptors (Lipinski definition) is 6. The maximum absolute atomic E-state index is 13.1. The van der Waals surface area contributed by atoms with Gasteiger partial charge in [-0.1, -0.05) is 53.7 Å². The molecule has 0 saturated carbocycles. The topological polar surface area (TPSA) is 106 Å².